The maximum Gasteiger partial charge on any atom is 0.257 e. The third kappa shape index (κ3) is 5.11. The highest BCUT2D eigenvalue weighted by atomic mass is 35.5. The van der Waals surface area contributed by atoms with Crippen LogP contribution in [0.15, 0.2) is 23.1 Å². The summed E-state index contributed by atoms with van der Waals surface area (Å²) >= 11 is 6.34. The predicted molar refractivity (Wildman–Crippen MR) is 125 cm³/mol. The Kier molecular flexibility index (Phi) is 7.86. The fourth-order valence-corrected chi connectivity index (χ4v) is 4.78. The van der Waals surface area contributed by atoms with Gasteiger partial charge in [-0.15, -0.1) is 0 Å². The first-order valence-corrected chi connectivity index (χ1v) is 12.6. The quantitative estimate of drug-likeness (QED) is 0.287. The zero-order valence-electron chi connectivity index (χ0n) is 18.2. The summed E-state index contributed by atoms with van der Waals surface area (Å²) in [6, 6.07) is 4.50. The van der Waals surface area contributed by atoms with Crippen LogP contribution in [0, 0.1) is 0 Å². The zero-order valence-corrected chi connectivity index (χ0v) is 19.7. The van der Waals surface area contributed by atoms with Crippen LogP contribution in [0.2, 0.25) is 5.15 Å². The van der Waals surface area contributed by atoms with Crippen molar-refractivity contribution in [3.63, 3.8) is 0 Å². The Bertz CT molecular complexity index is 1150. The first kappa shape index (κ1) is 24.2. The van der Waals surface area contributed by atoms with Gasteiger partial charge in [-0.2, -0.15) is 0 Å². The highest BCUT2D eigenvalue weighted by molar-refractivity contribution is 7.89. The molecular weight excluding hydrogens is 452 g/mol. The van der Waals surface area contributed by atoms with E-state index in [1.54, 1.807) is 6.07 Å². The first-order valence-electron chi connectivity index (χ1n) is 10.7. The van der Waals surface area contributed by atoms with E-state index in [4.69, 9.17) is 11.6 Å². The van der Waals surface area contributed by atoms with E-state index in [0.717, 1.165) is 32.1 Å². The van der Waals surface area contributed by atoms with Crippen LogP contribution in [0.4, 0.5) is 5.69 Å². The number of carbonyl (C=O) groups is 2. The van der Waals surface area contributed by atoms with Crippen LogP contribution in [0.1, 0.15) is 67.8 Å². The lowest BCUT2D eigenvalue weighted by Crippen LogP contribution is -2.24. The van der Waals surface area contributed by atoms with Gasteiger partial charge in [0.2, 0.25) is 10.0 Å². The first-order chi connectivity index (χ1) is 15.3. The topological polar surface area (TPSA) is 110 Å². The fourth-order valence-electron chi connectivity index (χ4n) is 3.45. The third-order valence-corrected chi connectivity index (χ3v) is 7.07. The number of fused-ring (bicyclic) bond motifs is 1. The monoisotopic (exact) mass is 478 g/mol. The van der Waals surface area contributed by atoms with Crippen molar-refractivity contribution < 1.29 is 18.0 Å². The Morgan fingerprint density at radius 2 is 1.94 bits per heavy atom. The number of benzene rings is 1. The van der Waals surface area contributed by atoms with Crippen LogP contribution in [-0.2, 0) is 21.2 Å². The molecule has 0 bridgehead atoms. The Morgan fingerprint density at radius 1 is 1.19 bits per heavy atom. The molecule has 0 unspecified atom stereocenters. The number of unbranched alkanes of at least 4 members (excludes halogenated alkanes) is 3. The predicted octanol–water partition coefficient (Wildman–Crippen LogP) is 4.11. The van der Waals surface area contributed by atoms with E-state index < -0.39 is 10.0 Å². The summed E-state index contributed by atoms with van der Waals surface area (Å²) in [7, 11) is -3.71. The molecular formula is C22H27ClN4O4S. The van der Waals surface area contributed by atoms with E-state index in [-0.39, 0.29) is 27.2 Å². The number of nitrogens with one attached hydrogen (secondary N) is 2. The zero-order chi connectivity index (χ0) is 23.3. The number of anilines is 1. The summed E-state index contributed by atoms with van der Waals surface area (Å²) in [4.78, 5) is 28.3. The molecule has 1 aromatic carbocycles. The molecule has 1 aliphatic heterocycles. The van der Waals surface area contributed by atoms with Gasteiger partial charge in [0.05, 0.1) is 10.5 Å². The molecule has 0 saturated carbocycles. The summed E-state index contributed by atoms with van der Waals surface area (Å²) in [5.41, 5.74) is 1.30. The van der Waals surface area contributed by atoms with Crippen molar-refractivity contribution in [2.24, 2.45) is 0 Å². The van der Waals surface area contributed by atoms with E-state index in [1.165, 1.54) is 22.9 Å². The smallest absolute Gasteiger partial charge is 0.257 e. The van der Waals surface area contributed by atoms with E-state index in [2.05, 4.69) is 15.0 Å². The fraction of sp³-hybridized carbons (Fsp3) is 0.409. The average Bonchev–Trinajstić information content (AvgIpc) is 3.25. The third-order valence-electron chi connectivity index (χ3n) is 5.23. The molecule has 3 rings (SSSR count). The molecule has 0 atom stereocenters. The number of halogens is 1. The lowest BCUT2D eigenvalue weighted by molar-refractivity contribution is -0.110. The summed E-state index contributed by atoms with van der Waals surface area (Å²) in [5.74, 6) is 0.179. The minimum atomic E-state index is -3.71. The maximum atomic E-state index is 12.7. The highest BCUT2D eigenvalue weighted by Crippen LogP contribution is 2.35. The minimum absolute atomic E-state index is 0.0756. The SMILES string of the molecule is CCCCCNS(=O)(=O)c1ccc2c(c1)/C(=C/n1c(CCCC)nc(C=O)c1Cl)C(=O)N2. The van der Waals surface area contributed by atoms with Gasteiger partial charge in [-0.1, -0.05) is 44.7 Å². The molecule has 1 aromatic heterocycles. The summed E-state index contributed by atoms with van der Waals surface area (Å²) in [6.45, 7) is 4.44. The van der Waals surface area contributed by atoms with Gasteiger partial charge in [-0.25, -0.2) is 18.1 Å². The molecule has 0 spiro atoms. The van der Waals surface area contributed by atoms with Crippen molar-refractivity contribution in [3.05, 3.63) is 40.4 Å². The summed E-state index contributed by atoms with van der Waals surface area (Å²) in [6.07, 6.45) is 7.11. The molecule has 0 aliphatic carbocycles. The van der Waals surface area contributed by atoms with Crippen LogP contribution >= 0.6 is 11.6 Å². The number of hydrogen-bond acceptors (Lipinski definition) is 5. The Labute approximate surface area is 193 Å². The number of aryl methyl sites for hydroxylation is 1. The number of sulfonamides is 1. The van der Waals surface area contributed by atoms with E-state index >= 15 is 0 Å². The summed E-state index contributed by atoms with van der Waals surface area (Å²) in [5, 5.41) is 2.85. The number of imidazole rings is 1. The van der Waals surface area contributed by atoms with Crippen LogP contribution in [0.25, 0.3) is 11.8 Å². The second-order valence-corrected chi connectivity index (χ2v) is 9.73. The van der Waals surface area contributed by atoms with Crippen LogP contribution in [0.3, 0.4) is 0 Å². The Balaban J connectivity index is 2.00. The van der Waals surface area contributed by atoms with Crippen LogP contribution in [0.5, 0.6) is 0 Å². The number of carbonyl (C=O) groups excluding carboxylic acids is 2. The maximum absolute atomic E-state index is 12.7. The molecule has 0 fully saturated rings. The van der Waals surface area contributed by atoms with E-state index in [9.17, 15) is 18.0 Å². The van der Waals surface area contributed by atoms with Crippen molar-refractivity contribution in [3.8, 4) is 0 Å². The van der Waals surface area contributed by atoms with Gasteiger partial charge < -0.3 is 5.32 Å². The molecule has 8 nitrogen and oxygen atoms in total. The number of amides is 1. The van der Waals surface area contributed by atoms with Gasteiger partial charge in [-0.05, 0) is 31.0 Å². The lowest BCUT2D eigenvalue weighted by atomic mass is 10.1. The van der Waals surface area contributed by atoms with Gasteiger partial charge in [0.1, 0.15) is 16.7 Å². The summed E-state index contributed by atoms with van der Waals surface area (Å²) < 4.78 is 29.5. The van der Waals surface area contributed by atoms with Crippen LogP contribution < -0.4 is 10.0 Å². The Morgan fingerprint density at radius 3 is 2.62 bits per heavy atom. The molecule has 2 heterocycles. The Hall–Kier alpha value is -2.49. The molecule has 1 aliphatic rings. The van der Waals surface area contributed by atoms with Gasteiger partial charge in [0.15, 0.2) is 6.29 Å². The minimum Gasteiger partial charge on any atom is -0.321 e. The largest absolute Gasteiger partial charge is 0.321 e. The second kappa shape index (κ2) is 10.4. The molecule has 0 saturated heterocycles. The van der Waals surface area contributed by atoms with Gasteiger partial charge in [0.25, 0.3) is 5.91 Å². The molecule has 0 radical (unpaired) electrons. The molecule has 172 valence electrons. The average molecular weight is 479 g/mol. The molecule has 32 heavy (non-hydrogen) atoms. The van der Waals surface area contributed by atoms with E-state index in [1.807, 2.05) is 13.8 Å². The van der Waals surface area contributed by atoms with Crippen molar-refractivity contribution in [1.82, 2.24) is 14.3 Å². The molecule has 10 heteroatoms. The van der Waals surface area contributed by atoms with Crippen molar-refractivity contribution >= 4 is 51.3 Å². The molecule has 1 amide bonds. The van der Waals surface area contributed by atoms with E-state index in [0.29, 0.717) is 36.3 Å². The number of aldehydes is 1. The van der Waals surface area contributed by atoms with Crippen LogP contribution in [-0.4, -0.2) is 36.7 Å². The number of hydrogen-bond donors (Lipinski definition) is 2. The normalized spacial score (nSPS) is 14.6. The van der Waals surface area contributed by atoms with Gasteiger partial charge in [0, 0.05) is 30.4 Å². The molecule has 2 aromatic rings. The highest BCUT2D eigenvalue weighted by Gasteiger charge is 2.28. The number of nitrogens with zero attached hydrogens (tertiary/aromatic N) is 2. The van der Waals surface area contributed by atoms with Gasteiger partial charge in [-0.3, -0.25) is 14.2 Å². The lowest BCUT2D eigenvalue weighted by Gasteiger charge is -2.09. The van der Waals surface area contributed by atoms with Crippen molar-refractivity contribution in [2.45, 2.75) is 57.3 Å². The standard InChI is InChI=1S/C22H27ClN4O4S/c1-3-5-7-11-24-32(30,31)15-9-10-18-16(12-15)17(22(29)26-18)13-27-20(8-6-4-2)25-19(14-28)21(27)23/h9-10,12-14,24H,3-8,11H2,1-2H3,(H,26,29)/b17-13-. The number of rotatable bonds is 11. The van der Waals surface area contributed by atoms with Crippen molar-refractivity contribution in [1.29, 1.82) is 0 Å². The van der Waals surface area contributed by atoms with Crippen molar-refractivity contribution in [2.75, 3.05) is 11.9 Å². The molecule has 2 N–H and O–H groups in total. The van der Waals surface area contributed by atoms with Gasteiger partial charge >= 0.3 is 0 Å². The second-order valence-electron chi connectivity index (χ2n) is 7.60. The number of aromatic nitrogens is 2.